The number of benzene rings is 1. The largest absolute Gasteiger partial charge is 0.317 e. The number of nitrogens with zero attached hydrogens (tertiary/aromatic N) is 1. The van der Waals surface area contributed by atoms with Gasteiger partial charge in [0.1, 0.15) is 0 Å². The molecule has 1 aromatic carbocycles. The van der Waals surface area contributed by atoms with Crippen LogP contribution in [0.4, 0.5) is 0 Å². The number of likely N-dealkylation sites (tertiary alicyclic amines) is 1. The zero-order valence-corrected chi connectivity index (χ0v) is 12.4. The molecule has 0 bridgehead atoms. The van der Waals surface area contributed by atoms with E-state index in [-0.39, 0.29) is 0 Å². The average molecular weight is 260 g/mol. The molecule has 0 radical (unpaired) electrons. The average Bonchev–Trinajstić information content (AvgIpc) is 2.92. The lowest BCUT2D eigenvalue weighted by atomic mass is 10.1. The summed E-state index contributed by atoms with van der Waals surface area (Å²) < 4.78 is 0. The Balaban J connectivity index is 1.71. The van der Waals surface area contributed by atoms with E-state index in [0.717, 1.165) is 12.5 Å². The Labute approximate surface area is 118 Å². The summed E-state index contributed by atoms with van der Waals surface area (Å²) >= 11 is 0. The lowest BCUT2D eigenvalue weighted by Gasteiger charge is -2.24. The second-order valence-corrected chi connectivity index (χ2v) is 5.83. The summed E-state index contributed by atoms with van der Waals surface area (Å²) in [5, 5.41) is 3.48. The van der Waals surface area contributed by atoms with Crippen molar-refractivity contribution in [3.8, 4) is 0 Å². The van der Waals surface area contributed by atoms with E-state index in [2.05, 4.69) is 54.4 Å². The molecular formula is C17H28N2. The molecule has 1 N–H and O–H groups in total. The van der Waals surface area contributed by atoms with Gasteiger partial charge in [-0.3, -0.25) is 0 Å². The van der Waals surface area contributed by atoms with Crippen molar-refractivity contribution in [1.82, 2.24) is 10.2 Å². The van der Waals surface area contributed by atoms with E-state index >= 15 is 0 Å². The zero-order valence-electron chi connectivity index (χ0n) is 12.4. The molecule has 0 saturated carbocycles. The Morgan fingerprint density at radius 2 is 2.11 bits per heavy atom. The molecule has 0 spiro atoms. The SMILES string of the molecule is CCNCC1CCN(C(C)CCc2ccccc2)C1. The maximum Gasteiger partial charge on any atom is 0.00702 e. The van der Waals surface area contributed by atoms with E-state index in [9.17, 15) is 0 Å². The minimum absolute atomic E-state index is 0.715. The van der Waals surface area contributed by atoms with Gasteiger partial charge in [-0.1, -0.05) is 37.3 Å². The van der Waals surface area contributed by atoms with E-state index in [1.807, 2.05) is 0 Å². The third kappa shape index (κ3) is 4.63. The third-order valence-electron chi connectivity index (χ3n) is 4.32. The topological polar surface area (TPSA) is 15.3 Å². The van der Waals surface area contributed by atoms with Crippen LogP contribution in [-0.4, -0.2) is 37.1 Å². The van der Waals surface area contributed by atoms with Gasteiger partial charge in [0.05, 0.1) is 0 Å². The molecular weight excluding hydrogens is 232 g/mol. The van der Waals surface area contributed by atoms with Crippen LogP contribution in [0, 0.1) is 5.92 Å². The van der Waals surface area contributed by atoms with E-state index in [4.69, 9.17) is 0 Å². The fourth-order valence-electron chi connectivity index (χ4n) is 2.98. The Morgan fingerprint density at radius 1 is 1.32 bits per heavy atom. The molecule has 2 rings (SSSR count). The Bertz CT molecular complexity index is 350. The number of nitrogens with one attached hydrogen (secondary N) is 1. The molecule has 0 aliphatic carbocycles. The second-order valence-electron chi connectivity index (χ2n) is 5.83. The maximum absolute atomic E-state index is 3.48. The third-order valence-corrected chi connectivity index (χ3v) is 4.32. The van der Waals surface area contributed by atoms with Crippen molar-refractivity contribution in [2.75, 3.05) is 26.2 Å². The van der Waals surface area contributed by atoms with Crippen molar-refractivity contribution in [3.05, 3.63) is 35.9 Å². The molecule has 1 heterocycles. The molecule has 1 saturated heterocycles. The van der Waals surface area contributed by atoms with E-state index in [0.29, 0.717) is 6.04 Å². The number of rotatable bonds is 7. The first kappa shape index (κ1) is 14.5. The van der Waals surface area contributed by atoms with E-state index in [1.54, 1.807) is 0 Å². The number of hydrogen-bond acceptors (Lipinski definition) is 2. The molecule has 106 valence electrons. The van der Waals surface area contributed by atoms with Crippen molar-refractivity contribution in [1.29, 1.82) is 0 Å². The van der Waals surface area contributed by atoms with Gasteiger partial charge in [-0.05, 0) is 57.3 Å². The Hall–Kier alpha value is -0.860. The summed E-state index contributed by atoms with van der Waals surface area (Å²) in [6.07, 6.45) is 3.84. The monoisotopic (exact) mass is 260 g/mol. The summed E-state index contributed by atoms with van der Waals surface area (Å²) in [4.78, 5) is 2.67. The fourth-order valence-corrected chi connectivity index (χ4v) is 2.98. The first-order chi connectivity index (χ1) is 9.29. The van der Waals surface area contributed by atoms with E-state index < -0.39 is 0 Å². The van der Waals surface area contributed by atoms with Crippen molar-refractivity contribution in [2.45, 2.75) is 39.2 Å². The molecule has 2 atom stereocenters. The molecule has 0 amide bonds. The van der Waals surface area contributed by atoms with Gasteiger partial charge in [-0.15, -0.1) is 0 Å². The van der Waals surface area contributed by atoms with Gasteiger partial charge in [0.2, 0.25) is 0 Å². The predicted molar refractivity (Wildman–Crippen MR) is 82.4 cm³/mol. The minimum atomic E-state index is 0.715. The normalized spacial score (nSPS) is 21.7. The summed E-state index contributed by atoms with van der Waals surface area (Å²) in [5.41, 5.74) is 1.47. The van der Waals surface area contributed by atoms with Gasteiger partial charge in [-0.2, -0.15) is 0 Å². The van der Waals surface area contributed by atoms with Crippen LogP contribution >= 0.6 is 0 Å². The molecule has 1 aliphatic heterocycles. The van der Waals surface area contributed by atoms with Crippen LogP contribution in [0.3, 0.4) is 0 Å². The van der Waals surface area contributed by atoms with Crippen LogP contribution in [0.25, 0.3) is 0 Å². The van der Waals surface area contributed by atoms with Crippen LogP contribution in [0.5, 0.6) is 0 Å². The van der Waals surface area contributed by atoms with Gasteiger partial charge in [0.25, 0.3) is 0 Å². The van der Waals surface area contributed by atoms with Crippen LogP contribution < -0.4 is 5.32 Å². The number of hydrogen-bond donors (Lipinski definition) is 1. The molecule has 2 nitrogen and oxygen atoms in total. The van der Waals surface area contributed by atoms with Gasteiger partial charge in [-0.25, -0.2) is 0 Å². The smallest absolute Gasteiger partial charge is 0.00702 e. The summed E-state index contributed by atoms with van der Waals surface area (Å²) in [5.74, 6) is 0.860. The highest BCUT2D eigenvalue weighted by Gasteiger charge is 2.25. The number of aryl methyl sites for hydroxylation is 1. The molecule has 1 aliphatic rings. The fraction of sp³-hybridized carbons (Fsp3) is 0.647. The molecule has 1 aromatic rings. The van der Waals surface area contributed by atoms with Crippen molar-refractivity contribution in [2.24, 2.45) is 5.92 Å². The quantitative estimate of drug-likeness (QED) is 0.811. The van der Waals surface area contributed by atoms with Crippen molar-refractivity contribution >= 4 is 0 Å². The molecule has 2 unspecified atom stereocenters. The summed E-state index contributed by atoms with van der Waals surface area (Å²) in [6.45, 7) is 9.43. The molecule has 2 heteroatoms. The Morgan fingerprint density at radius 3 is 2.84 bits per heavy atom. The van der Waals surface area contributed by atoms with Crippen molar-refractivity contribution in [3.63, 3.8) is 0 Å². The first-order valence-corrected chi connectivity index (χ1v) is 7.78. The van der Waals surface area contributed by atoms with Crippen LogP contribution in [0.2, 0.25) is 0 Å². The van der Waals surface area contributed by atoms with Crippen LogP contribution in [-0.2, 0) is 6.42 Å². The molecule has 19 heavy (non-hydrogen) atoms. The predicted octanol–water partition coefficient (Wildman–Crippen LogP) is 2.94. The first-order valence-electron chi connectivity index (χ1n) is 7.78. The van der Waals surface area contributed by atoms with E-state index in [1.165, 1.54) is 44.5 Å². The second kappa shape index (κ2) is 7.66. The highest BCUT2D eigenvalue weighted by atomic mass is 15.2. The summed E-state index contributed by atoms with van der Waals surface area (Å²) in [7, 11) is 0. The van der Waals surface area contributed by atoms with Crippen LogP contribution in [0.1, 0.15) is 32.3 Å². The van der Waals surface area contributed by atoms with Crippen LogP contribution in [0.15, 0.2) is 30.3 Å². The summed E-state index contributed by atoms with van der Waals surface area (Å²) in [6, 6.07) is 11.6. The van der Waals surface area contributed by atoms with Gasteiger partial charge >= 0.3 is 0 Å². The van der Waals surface area contributed by atoms with Gasteiger partial charge in [0.15, 0.2) is 0 Å². The standard InChI is InChI=1S/C17H28N2/c1-3-18-13-17-11-12-19(14-17)15(2)9-10-16-7-5-4-6-8-16/h4-8,15,17-18H,3,9-14H2,1-2H3. The Kier molecular flexibility index (Phi) is 5.87. The molecule has 1 fully saturated rings. The maximum atomic E-state index is 3.48. The van der Waals surface area contributed by atoms with Crippen molar-refractivity contribution < 1.29 is 0 Å². The highest BCUT2D eigenvalue weighted by molar-refractivity contribution is 5.14. The lowest BCUT2D eigenvalue weighted by molar-refractivity contribution is 0.237. The van der Waals surface area contributed by atoms with Gasteiger partial charge in [0, 0.05) is 12.6 Å². The van der Waals surface area contributed by atoms with Gasteiger partial charge < -0.3 is 10.2 Å². The minimum Gasteiger partial charge on any atom is -0.317 e. The lowest BCUT2D eigenvalue weighted by Crippen LogP contribution is -2.33. The highest BCUT2D eigenvalue weighted by Crippen LogP contribution is 2.20. The zero-order chi connectivity index (χ0) is 13.5. The molecule has 0 aromatic heterocycles.